The quantitative estimate of drug-likeness (QED) is 0.788. The van der Waals surface area contributed by atoms with Crippen molar-refractivity contribution in [3.05, 3.63) is 41.3 Å². The lowest BCUT2D eigenvalue weighted by molar-refractivity contribution is 0.442. The van der Waals surface area contributed by atoms with Gasteiger partial charge >= 0.3 is 6.01 Å². The Balaban J connectivity index is 1.91. The molecular formula is C11H7BrN4O. The second-order valence-electron chi connectivity index (χ2n) is 3.40. The summed E-state index contributed by atoms with van der Waals surface area (Å²) in [4.78, 5) is 8.07. The van der Waals surface area contributed by atoms with Crippen molar-refractivity contribution in [2.45, 2.75) is 0 Å². The molecule has 0 aliphatic carbocycles. The van der Waals surface area contributed by atoms with Crippen molar-refractivity contribution in [1.29, 1.82) is 0 Å². The summed E-state index contributed by atoms with van der Waals surface area (Å²) in [6, 6.07) is 5.94. The van der Waals surface area contributed by atoms with Crippen LogP contribution in [-0.2, 0) is 0 Å². The fraction of sp³-hybridized carbons (Fsp3) is 0. The second-order valence-corrected chi connectivity index (χ2v) is 4.32. The number of benzene rings is 1. The van der Waals surface area contributed by atoms with Gasteiger partial charge in [-0.05, 0) is 28.1 Å². The van der Waals surface area contributed by atoms with Gasteiger partial charge in [0.05, 0.1) is 16.2 Å². The van der Waals surface area contributed by atoms with E-state index in [1.165, 1.54) is 0 Å². The molecule has 0 saturated heterocycles. The van der Waals surface area contributed by atoms with Crippen LogP contribution >= 0.6 is 15.9 Å². The fourth-order valence-electron chi connectivity index (χ4n) is 1.44. The van der Waals surface area contributed by atoms with Crippen LogP contribution in [0, 0.1) is 0 Å². The van der Waals surface area contributed by atoms with Crippen LogP contribution in [0.3, 0.4) is 0 Å². The number of nitrogens with zero attached hydrogens (tertiary/aromatic N) is 3. The molecule has 0 atom stereocenters. The van der Waals surface area contributed by atoms with E-state index in [1.807, 2.05) is 18.2 Å². The summed E-state index contributed by atoms with van der Waals surface area (Å²) in [5.41, 5.74) is 0.916. The SMILES string of the molecule is Brc1cnc(Oc2ccc3cn[nH]c3c2)nc1. The minimum atomic E-state index is 0.312. The Morgan fingerprint density at radius 2 is 1.94 bits per heavy atom. The Morgan fingerprint density at radius 3 is 2.76 bits per heavy atom. The third kappa shape index (κ3) is 2.12. The molecule has 5 nitrogen and oxygen atoms in total. The van der Waals surface area contributed by atoms with Crippen molar-refractivity contribution in [2.24, 2.45) is 0 Å². The second kappa shape index (κ2) is 4.14. The molecule has 0 saturated carbocycles. The molecule has 84 valence electrons. The number of rotatable bonds is 2. The molecule has 0 aliphatic heterocycles. The van der Waals surface area contributed by atoms with E-state index < -0.39 is 0 Å². The molecule has 2 heterocycles. The molecule has 0 spiro atoms. The first-order valence-corrected chi connectivity index (χ1v) is 5.69. The highest BCUT2D eigenvalue weighted by atomic mass is 79.9. The summed E-state index contributed by atoms with van der Waals surface area (Å²) >= 11 is 3.26. The Bertz CT molecular complexity index is 650. The third-order valence-electron chi connectivity index (χ3n) is 2.22. The molecule has 2 aromatic heterocycles. The molecule has 0 aliphatic rings. The van der Waals surface area contributed by atoms with Crippen molar-refractivity contribution in [1.82, 2.24) is 20.2 Å². The average molecular weight is 291 g/mol. The molecule has 0 fully saturated rings. The molecule has 1 N–H and O–H groups in total. The van der Waals surface area contributed by atoms with Gasteiger partial charge in [-0.2, -0.15) is 5.10 Å². The van der Waals surface area contributed by atoms with Crippen molar-refractivity contribution in [3.8, 4) is 11.8 Å². The van der Waals surface area contributed by atoms with Crippen molar-refractivity contribution in [3.63, 3.8) is 0 Å². The van der Waals surface area contributed by atoms with E-state index in [9.17, 15) is 0 Å². The molecule has 6 heteroatoms. The molecule has 0 unspecified atom stereocenters. The van der Waals surface area contributed by atoms with Crippen LogP contribution in [0.4, 0.5) is 0 Å². The summed E-state index contributed by atoms with van der Waals surface area (Å²) < 4.78 is 6.33. The van der Waals surface area contributed by atoms with E-state index in [0.29, 0.717) is 11.8 Å². The number of aromatic nitrogens is 4. The van der Waals surface area contributed by atoms with E-state index in [4.69, 9.17) is 4.74 Å². The summed E-state index contributed by atoms with van der Waals surface area (Å²) in [6.07, 6.45) is 5.03. The molecule has 0 bridgehead atoms. The predicted molar refractivity (Wildman–Crippen MR) is 65.9 cm³/mol. The molecule has 0 amide bonds. The zero-order valence-corrected chi connectivity index (χ0v) is 10.2. The van der Waals surface area contributed by atoms with Gasteiger partial charge in [-0.3, -0.25) is 5.10 Å². The lowest BCUT2D eigenvalue weighted by atomic mass is 10.2. The van der Waals surface area contributed by atoms with Gasteiger partial charge < -0.3 is 4.74 Å². The number of nitrogens with one attached hydrogen (secondary N) is 1. The first kappa shape index (κ1) is 10.2. The smallest absolute Gasteiger partial charge is 0.321 e. The van der Waals surface area contributed by atoms with Crippen LogP contribution in [0.1, 0.15) is 0 Å². The summed E-state index contributed by atoms with van der Waals surface area (Å²) in [6.45, 7) is 0. The summed E-state index contributed by atoms with van der Waals surface area (Å²) in [5.74, 6) is 0.670. The Labute approximate surface area is 105 Å². The first-order chi connectivity index (χ1) is 8.31. The van der Waals surface area contributed by atoms with Crippen LogP contribution in [0.5, 0.6) is 11.8 Å². The van der Waals surface area contributed by atoms with E-state index >= 15 is 0 Å². The number of aromatic amines is 1. The van der Waals surface area contributed by atoms with Gasteiger partial charge in [-0.15, -0.1) is 0 Å². The zero-order chi connectivity index (χ0) is 11.7. The monoisotopic (exact) mass is 290 g/mol. The van der Waals surface area contributed by atoms with Crippen LogP contribution in [0.15, 0.2) is 41.3 Å². The maximum Gasteiger partial charge on any atom is 0.321 e. The topological polar surface area (TPSA) is 63.7 Å². The highest BCUT2D eigenvalue weighted by Crippen LogP contribution is 2.22. The van der Waals surface area contributed by atoms with Crippen LogP contribution < -0.4 is 4.74 Å². The standard InChI is InChI=1S/C11H7BrN4O/c12-8-5-13-11(14-6-8)17-9-2-1-7-4-15-16-10(7)3-9/h1-6H,(H,15,16). The number of halogens is 1. The molecule has 3 aromatic rings. The van der Waals surface area contributed by atoms with Gasteiger partial charge in [-0.25, -0.2) is 9.97 Å². The number of H-pyrrole nitrogens is 1. The van der Waals surface area contributed by atoms with Gasteiger partial charge in [0.1, 0.15) is 5.75 Å². The highest BCUT2D eigenvalue weighted by Gasteiger charge is 2.02. The maximum absolute atomic E-state index is 5.52. The van der Waals surface area contributed by atoms with Gasteiger partial charge in [0.15, 0.2) is 0 Å². The van der Waals surface area contributed by atoms with E-state index in [-0.39, 0.29) is 0 Å². The number of hydrogen-bond acceptors (Lipinski definition) is 4. The lowest BCUT2D eigenvalue weighted by Crippen LogP contribution is -1.90. The molecule has 1 aromatic carbocycles. The Hall–Kier alpha value is -1.95. The Morgan fingerprint density at radius 1 is 1.12 bits per heavy atom. The predicted octanol–water partition coefficient (Wildman–Crippen LogP) is 2.91. The number of hydrogen-bond donors (Lipinski definition) is 1. The zero-order valence-electron chi connectivity index (χ0n) is 8.59. The molecule has 3 rings (SSSR count). The van der Waals surface area contributed by atoms with Crippen molar-refractivity contribution >= 4 is 26.8 Å². The first-order valence-electron chi connectivity index (χ1n) is 4.90. The van der Waals surface area contributed by atoms with Gasteiger partial charge in [0.2, 0.25) is 0 Å². The van der Waals surface area contributed by atoms with E-state index in [1.54, 1.807) is 18.6 Å². The van der Waals surface area contributed by atoms with Crippen molar-refractivity contribution < 1.29 is 4.74 Å². The number of fused-ring (bicyclic) bond motifs is 1. The summed E-state index contributed by atoms with van der Waals surface area (Å²) in [5, 5.41) is 7.86. The Kier molecular flexibility index (Phi) is 2.49. The van der Waals surface area contributed by atoms with Gasteiger partial charge in [0.25, 0.3) is 0 Å². The normalized spacial score (nSPS) is 10.6. The maximum atomic E-state index is 5.52. The van der Waals surface area contributed by atoms with Crippen LogP contribution in [-0.4, -0.2) is 20.2 Å². The minimum Gasteiger partial charge on any atom is -0.424 e. The highest BCUT2D eigenvalue weighted by molar-refractivity contribution is 9.10. The van der Waals surface area contributed by atoms with Crippen LogP contribution in [0.25, 0.3) is 10.9 Å². The summed E-state index contributed by atoms with van der Waals surface area (Å²) in [7, 11) is 0. The lowest BCUT2D eigenvalue weighted by Gasteiger charge is -2.02. The molecule has 17 heavy (non-hydrogen) atoms. The van der Waals surface area contributed by atoms with Gasteiger partial charge in [0, 0.05) is 23.8 Å². The fourth-order valence-corrected chi connectivity index (χ4v) is 1.64. The van der Waals surface area contributed by atoms with E-state index in [2.05, 4.69) is 36.1 Å². The van der Waals surface area contributed by atoms with E-state index in [0.717, 1.165) is 15.4 Å². The third-order valence-corrected chi connectivity index (χ3v) is 2.63. The van der Waals surface area contributed by atoms with Gasteiger partial charge in [-0.1, -0.05) is 0 Å². The largest absolute Gasteiger partial charge is 0.424 e. The minimum absolute atomic E-state index is 0.312. The molecular weight excluding hydrogens is 284 g/mol. The number of ether oxygens (including phenoxy) is 1. The van der Waals surface area contributed by atoms with Crippen LogP contribution in [0.2, 0.25) is 0 Å². The average Bonchev–Trinajstić information content (AvgIpc) is 2.79. The van der Waals surface area contributed by atoms with Crippen molar-refractivity contribution in [2.75, 3.05) is 0 Å². The molecule has 0 radical (unpaired) electrons.